The Morgan fingerprint density at radius 1 is 1.10 bits per heavy atom. The quantitative estimate of drug-likeness (QED) is 0.742. The van der Waals surface area contributed by atoms with Crippen molar-refractivity contribution in [2.75, 3.05) is 6.54 Å². The molecule has 0 spiro atoms. The van der Waals surface area contributed by atoms with E-state index in [4.69, 9.17) is 23.2 Å². The second-order valence-electron chi connectivity index (χ2n) is 6.47. The van der Waals surface area contributed by atoms with Crippen LogP contribution in [0.5, 0.6) is 0 Å². The second-order valence-corrected chi connectivity index (χ2v) is 9.08. The minimum absolute atomic E-state index is 0.0786. The molecule has 0 saturated carbocycles. The van der Waals surface area contributed by atoms with Gasteiger partial charge < -0.3 is 4.90 Å². The molecule has 0 unspecified atom stereocenters. The molecule has 29 heavy (non-hydrogen) atoms. The molecule has 5 nitrogen and oxygen atoms in total. The lowest BCUT2D eigenvalue weighted by Gasteiger charge is -2.29. The number of hydrogen-bond donors (Lipinski definition) is 1. The molecule has 1 heterocycles. The lowest BCUT2D eigenvalue weighted by molar-refractivity contribution is -0.186. The van der Waals surface area contributed by atoms with Crippen molar-refractivity contribution < 1.29 is 26.4 Å². The highest BCUT2D eigenvalue weighted by Gasteiger charge is 2.43. The maximum absolute atomic E-state index is 12.7. The summed E-state index contributed by atoms with van der Waals surface area (Å²) in [6, 6.07) is 8.86. The number of rotatable bonds is 4. The van der Waals surface area contributed by atoms with Crippen LogP contribution in [0.3, 0.4) is 0 Å². The molecule has 3 rings (SSSR count). The molecular weight excluding hydrogens is 452 g/mol. The third-order valence-electron chi connectivity index (χ3n) is 4.50. The lowest BCUT2D eigenvalue weighted by atomic mass is 10.00. The summed E-state index contributed by atoms with van der Waals surface area (Å²) in [5.74, 6) is -1.94. The summed E-state index contributed by atoms with van der Waals surface area (Å²) >= 11 is 11.8. The monoisotopic (exact) mass is 466 g/mol. The average Bonchev–Trinajstić information content (AvgIpc) is 2.65. The number of amides is 1. The van der Waals surface area contributed by atoms with Gasteiger partial charge in [0.1, 0.15) is 0 Å². The highest BCUT2D eigenvalue weighted by Crippen LogP contribution is 2.27. The molecule has 0 bridgehead atoms. The third kappa shape index (κ3) is 5.03. The van der Waals surface area contributed by atoms with E-state index >= 15 is 0 Å². The van der Waals surface area contributed by atoms with E-state index in [0.717, 1.165) is 0 Å². The predicted molar refractivity (Wildman–Crippen MR) is 102 cm³/mol. The van der Waals surface area contributed by atoms with Gasteiger partial charge in [0.15, 0.2) is 0 Å². The Balaban J connectivity index is 1.78. The van der Waals surface area contributed by atoms with Gasteiger partial charge in [-0.05, 0) is 47.4 Å². The van der Waals surface area contributed by atoms with E-state index in [1.807, 2.05) is 0 Å². The maximum atomic E-state index is 12.7. The number of benzene rings is 2. The number of nitrogens with one attached hydrogen (secondary N) is 1. The molecule has 0 aliphatic carbocycles. The Labute approximate surface area is 175 Å². The number of fused-ring (bicyclic) bond motifs is 1. The molecule has 1 amide bonds. The van der Waals surface area contributed by atoms with Crippen molar-refractivity contribution in [2.24, 2.45) is 0 Å². The van der Waals surface area contributed by atoms with E-state index in [9.17, 15) is 26.4 Å². The topological polar surface area (TPSA) is 66.5 Å². The number of alkyl halides is 3. The average molecular weight is 467 g/mol. The number of halogens is 5. The molecule has 2 aromatic carbocycles. The lowest BCUT2D eigenvalue weighted by Crippen LogP contribution is -2.43. The largest absolute Gasteiger partial charge is 0.471 e. The molecule has 1 aliphatic heterocycles. The van der Waals surface area contributed by atoms with Crippen molar-refractivity contribution in [3.63, 3.8) is 0 Å². The van der Waals surface area contributed by atoms with Crippen LogP contribution < -0.4 is 4.72 Å². The normalized spacial score (nSPS) is 14.6. The molecule has 11 heteroatoms. The van der Waals surface area contributed by atoms with Crippen molar-refractivity contribution in [1.82, 2.24) is 9.62 Å². The van der Waals surface area contributed by atoms with Gasteiger partial charge in [0, 0.05) is 29.7 Å². The molecule has 0 aromatic heterocycles. The Kier molecular flexibility index (Phi) is 6.14. The van der Waals surface area contributed by atoms with Crippen LogP contribution in [-0.4, -0.2) is 31.9 Å². The molecule has 1 N–H and O–H groups in total. The highest BCUT2D eigenvalue weighted by atomic mass is 35.5. The summed E-state index contributed by atoms with van der Waals surface area (Å²) in [4.78, 5) is 12.0. The van der Waals surface area contributed by atoms with Crippen LogP contribution >= 0.6 is 23.2 Å². The van der Waals surface area contributed by atoms with Gasteiger partial charge in [-0.15, -0.1) is 0 Å². The number of sulfonamides is 1. The van der Waals surface area contributed by atoms with Crippen LogP contribution in [0.4, 0.5) is 13.2 Å². The van der Waals surface area contributed by atoms with E-state index in [1.165, 1.54) is 18.2 Å². The Hall–Kier alpha value is -1.81. The Morgan fingerprint density at radius 2 is 1.83 bits per heavy atom. The summed E-state index contributed by atoms with van der Waals surface area (Å²) in [7, 11) is -3.95. The second kappa shape index (κ2) is 8.14. The molecule has 2 aromatic rings. The molecule has 0 atom stereocenters. The molecule has 156 valence electrons. The van der Waals surface area contributed by atoms with Crippen LogP contribution in [0, 0.1) is 0 Å². The number of hydrogen-bond acceptors (Lipinski definition) is 3. The van der Waals surface area contributed by atoms with Crippen molar-refractivity contribution in [2.45, 2.75) is 30.6 Å². The van der Waals surface area contributed by atoms with Gasteiger partial charge in [0.2, 0.25) is 10.0 Å². The molecule has 0 fully saturated rings. The SMILES string of the molecule is O=C(N1CCc2ccc(S(=O)(=O)NCc3ccc(Cl)cc3Cl)cc2C1)C(F)(F)F. The predicted octanol–water partition coefficient (Wildman–Crippen LogP) is 3.92. The first kappa shape index (κ1) is 21.9. The zero-order chi connectivity index (χ0) is 21.4. The van der Waals surface area contributed by atoms with Gasteiger partial charge in [-0.2, -0.15) is 13.2 Å². The van der Waals surface area contributed by atoms with E-state index in [0.29, 0.717) is 31.6 Å². The first-order valence-corrected chi connectivity index (χ1v) is 10.6. The van der Waals surface area contributed by atoms with E-state index in [-0.39, 0.29) is 31.0 Å². The van der Waals surface area contributed by atoms with Gasteiger partial charge in [-0.1, -0.05) is 35.3 Å². The molecule has 0 saturated heterocycles. The smallest absolute Gasteiger partial charge is 0.330 e. The minimum atomic E-state index is -4.97. The fraction of sp³-hybridized carbons (Fsp3) is 0.278. The van der Waals surface area contributed by atoms with Crippen molar-refractivity contribution >= 4 is 39.1 Å². The van der Waals surface area contributed by atoms with Gasteiger partial charge in [-0.3, -0.25) is 4.79 Å². The number of nitrogens with zero attached hydrogens (tertiary/aromatic N) is 1. The molecule has 1 aliphatic rings. The van der Waals surface area contributed by atoms with Gasteiger partial charge in [0.05, 0.1) is 4.90 Å². The van der Waals surface area contributed by atoms with Crippen LogP contribution in [0.2, 0.25) is 10.0 Å². The number of carbonyl (C=O) groups is 1. The van der Waals surface area contributed by atoms with Crippen LogP contribution in [-0.2, 0) is 34.3 Å². The Morgan fingerprint density at radius 3 is 2.48 bits per heavy atom. The van der Waals surface area contributed by atoms with Crippen LogP contribution in [0.1, 0.15) is 16.7 Å². The summed E-state index contributed by atoms with van der Waals surface area (Å²) in [6.07, 6.45) is -4.76. The molecule has 0 radical (unpaired) electrons. The summed E-state index contributed by atoms with van der Waals surface area (Å²) in [5, 5.41) is 0.709. The number of carbonyl (C=O) groups excluding carboxylic acids is 1. The Bertz CT molecular complexity index is 1060. The van der Waals surface area contributed by atoms with Crippen LogP contribution in [0.15, 0.2) is 41.3 Å². The van der Waals surface area contributed by atoms with Crippen LogP contribution in [0.25, 0.3) is 0 Å². The van der Waals surface area contributed by atoms with E-state index in [2.05, 4.69) is 4.72 Å². The zero-order valence-electron chi connectivity index (χ0n) is 14.8. The van der Waals surface area contributed by atoms with Crippen molar-refractivity contribution in [3.05, 3.63) is 63.1 Å². The maximum Gasteiger partial charge on any atom is 0.471 e. The van der Waals surface area contributed by atoms with Gasteiger partial charge in [-0.25, -0.2) is 13.1 Å². The van der Waals surface area contributed by atoms with E-state index < -0.39 is 22.1 Å². The van der Waals surface area contributed by atoms with Crippen molar-refractivity contribution in [3.8, 4) is 0 Å². The standard InChI is InChI=1S/C18H15Cl2F3N2O3S/c19-14-3-1-12(16(20)8-14)9-24-29(27,28)15-4-2-11-5-6-25(10-13(11)7-15)17(26)18(21,22)23/h1-4,7-8,24H,5-6,9-10H2. The first-order chi connectivity index (χ1) is 13.5. The minimum Gasteiger partial charge on any atom is -0.330 e. The highest BCUT2D eigenvalue weighted by molar-refractivity contribution is 7.89. The zero-order valence-corrected chi connectivity index (χ0v) is 17.1. The summed E-state index contributed by atoms with van der Waals surface area (Å²) < 4.78 is 65.7. The summed E-state index contributed by atoms with van der Waals surface area (Å²) in [5.41, 5.74) is 1.58. The summed E-state index contributed by atoms with van der Waals surface area (Å²) in [6.45, 7) is -0.473. The third-order valence-corrected chi connectivity index (χ3v) is 6.48. The van der Waals surface area contributed by atoms with Gasteiger partial charge in [0.25, 0.3) is 0 Å². The van der Waals surface area contributed by atoms with Crippen molar-refractivity contribution in [1.29, 1.82) is 0 Å². The van der Waals surface area contributed by atoms with E-state index in [1.54, 1.807) is 18.2 Å². The molecular formula is C18H15Cl2F3N2O3S. The first-order valence-electron chi connectivity index (χ1n) is 8.39. The fourth-order valence-electron chi connectivity index (χ4n) is 2.97. The fourth-order valence-corrected chi connectivity index (χ4v) is 4.51. The van der Waals surface area contributed by atoms with Gasteiger partial charge >= 0.3 is 12.1 Å².